The summed E-state index contributed by atoms with van der Waals surface area (Å²) in [6.45, 7) is 1.75. The Morgan fingerprint density at radius 3 is 2.46 bits per heavy atom. The monoisotopic (exact) mass is 243 g/mol. The van der Waals surface area contributed by atoms with Crippen molar-refractivity contribution in [2.24, 2.45) is 0 Å². The number of aromatic hydroxyl groups is 1. The molecule has 0 bridgehead atoms. The first-order valence-corrected chi connectivity index (χ1v) is 4.75. The highest BCUT2D eigenvalue weighted by Gasteiger charge is 2.07. The molecular formula is C9H10BrNO2. The van der Waals surface area contributed by atoms with E-state index in [9.17, 15) is 4.79 Å². The second-order valence-electron chi connectivity index (χ2n) is 2.65. The molecule has 70 valence electrons. The van der Waals surface area contributed by atoms with E-state index in [0.29, 0.717) is 5.69 Å². The molecular weight excluding hydrogens is 234 g/mol. The normalized spacial score (nSPS) is 12.2. The van der Waals surface area contributed by atoms with Crippen molar-refractivity contribution in [2.75, 3.05) is 5.32 Å². The Balaban J connectivity index is 2.65. The van der Waals surface area contributed by atoms with Crippen molar-refractivity contribution in [3.8, 4) is 5.75 Å². The maximum absolute atomic E-state index is 11.2. The second kappa shape index (κ2) is 4.28. The summed E-state index contributed by atoms with van der Waals surface area (Å²) in [6.07, 6.45) is 0. The average Bonchev–Trinajstić information content (AvgIpc) is 2.08. The maximum atomic E-state index is 11.2. The molecule has 1 amide bonds. The molecule has 0 aromatic heterocycles. The number of hydrogen-bond donors (Lipinski definition) is 2. The summed E-state index contributed by atoms with van der Waals surface area (Å²) in [5, 5.41) is 11.6. The van der Waals surface area contributed by atoms with Crippen LogP contribution in [0, 0.1) is 0 Å². The van der Waals surface area contributed by atoms with Gasteiger partial charge in [0, 0.05) is 5.69 Å². The molecule has 13 heavy (non-hydrogen) atoms. The number of phenols is 1. The number of anilines is 1. The highest BCUT2D eigenvalue weighted by molar-refractivity contribution is 9.10. The molecule has 0 aliphatic rings. The topological polar surface area (TPSA) is 49.3 Å². The van der Waals surface area contributed by atoms with E-state index in [0.717, 1.165) is 0 Å². The molecule has 1 atom stereocenters. The fourth-order valence-electron chi connectivity index (χ4n) is 0.786. The van der Waals surface area contributed by atoms with Crippen LogP contribution in [0.4, 0.5) is 5.69 Å². The first kappa shape index (κ1) is 10.1. The Morgan fingerprint density at radius 2 is 2.00 bits per heavy atom. The van der Waals surface area contributed by atoms with Gasteiger partial charge in [0.25, 0.3) is 0 Å². The zero-order valence-electron chi connectivity index (χ0n) is 7.12. The van der Waals surface area contributed by atoms with Gasteiger partial charge in [-0.15, -0.1) is 0 Å². The number of nitrogens with one attached hydrogen (secondary N) is 1. The SMILES string of the molecule is CC(Br)C(=O)Nc1ccc(O)cc1. The van der Waals surface area contributed by atoms with Gasteiger partial charge in [-0.3, -0.25) is 4.79 Å². The number of amides is 1. The lowest BCUT2D eigenvalue weighted by Crippen LogP contribution is -2.19. The zero-order valence-corrected chi connectivity index (χ0v) is 8.71. The van der Waals surface area contributed by atoms with Crippen molar-refractivity contribution in [2.45, 2.75) is 11.8 Å². The largest absolute Gasteiger partial charge is 0.508 e. The van der Waals surface area contributed by atoms with E-state index in [1.54, 1.807) is 19.1 Å². The average molecular weight is 244 g/mol. The number of rotatable bonds is 2. The smallest absolute Gasteiger partial charge is 0.237 e. The van der Waals surface area contributed by atoms with Gasteiger partial charge in [0.1, 0.15) is 5.75 Å². The zero-order chi connectivity index (χ0) is 9.84. The Hall–Kier alpha value is -1.03. The molecule has 1 aromatic rings. The molecule has 0 aliphatic heterocycles. The van der Waals surface area contributed by atoms with Gasteiger partial charge in [-0.05, 0) is 31.2 Å². The quantitative estimate of drug-likeness (QED) is 0.618. The van der Waals surface area contributed by atoms with Gasteiger partial charge < -0.3 is 10.4 Å². The standard InChI is InChI=1S/C9H10BrNO2/c1-6(10)9(13)11-7-2-4-8(12)5-3-7/h2-6,12H,1H3,(H,11,13). The number of alkyl halides is 1. The van der Waals surface area contributed by atoms with E-state index < -0.39 is 0 Å². The molecule has 2 N–H and O–H groups in total. The van der Waals surface area contributed by atoms with Gasteiger partial charge in [-0.25, -0.2) is 0 Å². The molecule has 3 nitrogen and oxygen atoms in total. The third-order valence-corrected chi connectivity index (χ3v) is 1.91. The molecule has 0 saturated heterocycles. The Morgan fingerprint density at radius 1 is 1.46 bits per heavy atom. The van der Waals surface area contributed by atoms with Crippen LogP contribution < -0.4 is 5.32 Å². The predicted octanol–water partition coefficient (Wildman–Crippen LogP) is 2.11. The molecule has 0 saturated carbocycles. The van der Waals surface area contributed by atoms with Crippen molar-refractivity contribution in [3.63, 3.8) is 0 Å². The first-order valence-electron chi connectivity index (χ1n) is 3.83. The molecule has 0 radical (unpaired) electrons. The van der Waals surface area contributed by atoms with Crippen molar-refractivity contribution in [1.29, 1.82) is 0 Å². The first-order chi connectivity index (χ1) is 6.09. The Kier molecular flexibility index (Phi) is 3.31. The lowest BCUT2D eigenvalue weighted by Gasteiger charge is -2.05. The van der Waals surface area contributed by atoms with Crippen LogP contribution in [-0.2, 0) is 4.79 Å². The van der Waals surface area contributed by atoms with Crippen molar-refractivity contribution in [1.82, 2.24) is 0 Å². The number of carbonyl (C=O) groups excluding carboxylic acids is 1. The van der Waals surface area contributed by atoms with Crippen LogP contribution in [0.1, 0.15) is 6.92 Å². The summed E-state index contributed by atoms with van der Waals surface area (Å²) in [5.74, 6) is 0.0792. The van der Waals surface area contributed by atoms with E-state index in [1.165, 1.54) is 12.1 Å². The highest BCUT2D eigenvalue weighted by Crippen LogP contribution is 2.14. The minimum absolute atomic E-state index is 0.106. The second-order valence-corrected chi connectivity index (χ2v) is 4.03. The van der Waals surface area contributed by atoms with Gasteiger partial charge in [0.2, 0.25) is 5.91 Å². The summed E-state index contributed by atoms with van der Waals surface area (Å²) >= 11 is 3.15. The lowest BCUT2D eigenvalue weighted by molar-refractivity contribution is -0.115. The summed E-state index contributed by atoms with van der Waals surface area (Å²) < 4.78 is 0. The number of benzene rings is 1. The van der Waals surface area contributed by atoms with E-state index in [1.807, 2.05) is 0 Å². The molecule has 1 unspecified atom stereocenters. The van der Waals surface area contributed by atoms with Gasteiger partial charge in [-0.2, -0.15) is 0 Å². The van der Waals surface area contributed by atoms with E-state index in [2.05, 4.69) is 21.2 Å². The minimum atomic E-state index is -0.221. The van der Waals surface area contributed by atoms with Crippen LogP contribution in [0.2, 0.25) is 0 Å². The minimum Gasteiger partial charge on any atom is -0.508 e. The molecule has 0 spiro atoms. The fraction of sp³-hybridized carbons (Fsp3) is 0.222. The molecule has 1 rings (SSSR count). The highest BCUT2D eigenvalue weighted by atomic mass is 79.9. The predicted molar refractivity (Wildman–Crippen MR) is 55.1 cm³/mol. The Labute approximate surface area is 84.9 Å². The summed E-state index contributed by atoms with van der Waals surface area (Å²) in [4.78, 5) is 11.0. The van der Waals surface area contributed by atoms with Crippen LogP contribution >= 0.6 is 15.9 Å². The fourth-order valence-corrected chi connectivity index (χ4v) is 0.901. The Bertz CT molecular complexity index is 295. The van der Waals surface area contributed by atoms with Gasteiger partial charge in [0.05, 0.1) is 4.83 Å². The van der Waals surface area contributed by atoms with Crippen LogP contribution in [0.15, 0.2) is 24.3 Å². The van der Waals surface area contributed by atoms with E-state index in [-0.39, 0.29) is 16.5 Å². The van der Waals surface area contributed by atoms with Crippen molar-refractivity contribution >= 4 is 27.5 Å². The number of phenolic OH excluding ortho intramolecular Hbond substituents is 1. The van der Waals surface area contributed by atoms with Crippen LogP contribution in [-0.4, -0.2) is 15.8 Å². The molecule has 0 heterocycles. The molecule has 1 aromatic carbocycles. The summed E-state index contributed by atoms with van der Waals surface area (Å²) in [7, 11) is 0. The molecule has 4 heteroatoms. The number of halogens is 1. The molecule has 0 aliphatic carbocycles. The number of carbonyl (C=O) groups is 1. The van der Waals surface area contributed by atoms with Crippen molar-refractivity contribution in [3.05, 3.63) is 24.3 Å². The van der Waals surface area contributed by atoms with E-state index in [4.69, 9.17) is 5.11 Å². The van der Waals surface area contributed by atoms with Crippen LogP contribution in [0.3, 0.4) is 0 Å². The van der Waals surface area contributed by atoms with Crippen LogP contribution in [0.5, 0.6) is 5.75 Å². The number of hydrogen-bond acceptors (Lipinski definition) is 2. The maximum Gasteiger partial charge on any atom is 0.237 e. The summed E-state index contributed by atoms with van der Waals surface area (Å²) in [6, 6.07) is 6.33. The third-order valence-electron chi connectivity index (χ3n) is 1.50. The third kappa shape index (κ3) is 3.06. The van der Waals surface area contributed by atoms with Gasteiger partial charge >= 0.3 is 0 Å². The van der Waals surface area contributed by atoms with Crippen LogP contribution in [0.25, 0.3) is 0 Å². The van der Waals surface area contributed by atoms with Gasteiger partial charge in [0.15, 0.2) is 0 Å². The lowest BCUT2D eigenvalue weighted by atomic mass is 10.3. The van der Waals surface area contributed by atoms with Gasteiger partial charge in [-0.1, -0.05) is 15.9 Å². The van der Waals surface area contributed by atoms with E-state index >= 15 is 0 Å². The molecule has 0 fully saturated rings. The summed E-state index contributed by atoms with van der Waals surface area (Å²) in [5.41, 5.74) is 0.675. The van der Waals surface area contributed by atoms with Crippen molar-refractivity contribution < 1.29 is 9.90 Å².